The van der Waals surface area contributed by atoms with Crippen molar-refractivity contribution in [3.8, 4) is 11.5 Å². The summed E-state index contributed by atoms with van der Waals surface area (Å²) in [7, 11) is 0. The lowest BCUT2D eigenvalue weighted by atomic mass is 10.2. The van der Waals surface area contributed by atoms with Crippen molar-refractivity contribution in [1.82, 2.24) is 9.80 Å². The number of piperazine rings is 1. The molecule has 2 aliphatic heterocycles. The summed E-state index contributed by atoms with van der Waals surface area (Å²) in [5, 5.41) is 0. The molecule has 0 atom stereocenters. The lowest BCUT2D eigenvalue weighted by Crippen LogP contribution is -2.51. The molecule has 0 spiro atoms. The smallest absolute Gasteiger partial charge is 0.242 e. The molecule has 2 aromatic rings. The van der Waals surface area contributed by atoms with E-state index in [1.165, 1.54) is 17.4 Å². The van der Waals surface area contributed by atoms with E-state index in [0.29, 0.717) is 30.3 Å². The van der Waals surface area contributed by atoms with Crippen LogP contribution in [0.3, 0.4) is 0 Å². The molecule has 29 heavy (non-hydrogen) atoms. The Morgan fingerprint density at radius 2 is 1.69 bits per heavy atom. The zero-order valence-corrected chi connectivity index (χ0v) is 16.5. The minimum atomic E-state index is -0.181. The second-order valence-corrected chi connectivity index (χ2v) is 7.29. The van der Waals surface area contributed by atoms with Gasteiger partial charge in [-0.3, -0.25) is 14.5 Å². The monoisotopic (exact) mass is 395 g/mol. The fraction of sp³-hybridized carbons (Fsp3) is 0.364. The highest BCUT2D eigenvalue weighted by molar-refractivity contribution is 5.97. The van der Waals surface area contributed by atoms with Crippen LogP contribution in [0.15, 0.2) is 48.5 Å². The summed E-state index contributed by atoms with van der Waals surface area (Å²) in [4.78, 5) is 30.7. The molecular formula is C22H25N3O4. The molecule has 2 heterocycles. The van der Waals surface area contributed by atoms with E-state index in [1.807, 2.05) is 23.1 Å². The Morgan fingerprint density at radius 1 is 0.966 bits per heavy atom. The van der Waals surface area contributed by atoms with Crippen LogP contribution in [0.2, 0.25) is 0 Å². The molecule has 0 aliphatic carbocycles. The Balaban J connectivity index is 1.35. The van der Waals surface area contributed by atoms with Crippen molar-refractivity contribution in [3.05, 3.63) is 54.1 Å². The first-order valence-corrected chi connectivity index (χ1v) is 9.82. The number of amides is 2. The van der Waals surface area contributed by atoms with Gasteiger partial charge in [-0.1, -0.05) is 30.3 Å². The highest BCUT2D eigenvalue weighted by atomic mass is 16.7. The Labute approximate surface area is 170 Å². The highest BCUT2D eigenvalue weighted by Gasteiger charge is 2.25. The molecule has 0 radical (unpaired) electrons. The van der Waals surface area contributed by atoms with Gasteiger partial charge in [0.05, 0.1) is 0 Å². The van der Waals surface area contributed by atoms with E-state index in [9.17, 15) is 9.59 Å². The van der Waals surface area contributed by atoms with Crippen LogP contribution >= 0.6 is 0 Å². The fourth-order valence-corrected chi connectivity index (χ4v) is 3.67. The lowest BCUT2D eigenvalue weighted by molar-refractivity contribution is -0.132. The van der Waals surface area contributed by atoms with Crippen LogP contribution in [0.1, 0.15) is 12.5 Å². The summed E-state index contributed by atoms with van der Waals surface area (Å²) in [5.74, 6) is 1.02. The maximum Gasteiger partial charge on any atom is 0.242 e. The average Bonchev–Trinajstić information content (AvgIpc) is 3.21. The van der Waals surface area contributed by atoms with Gasteiger partial charge >= 0.3 is 0 Å². The average molecular weight is 395 g/mol. The molecular weight excluding hydrogens is 370 g/mol. The van der Waals surface area contributed by atoms with Gasteiger partial charge in [0.1, 0.15) is 6.54 Å². The second kappa shape index (κ2) is 8.53. The van der Waals surface area contributed by atoms with Gasteiger partial charge in [0.15, 0.2) is 11.5 Å². The van der Waals surface area contributed by atoms with Gasteiger partial charge in [-0.05, 0) is 17.7 Å². The number of fused-ring (bicyclic) bond motifs is 1. The Hall–Kier alpha value is -3.06. The van der Waals surface area contributed by atoms with Crippen LogP contribution in [0.25, 0.3) is 0 Å². The second-order valence-electron chi connectivity index (χ2n) is 7.29. The molecule has 7 nitrogen and oxygen atoms in total. The Kier molecular flexibility index (Phi) is 5.67. The van der Waals surface area contributed by atoms with Gasteiger partial charge in [-0.15, -0.1) is 0 Å². The maximum atomic E-state index is 12.8. The van der Waals surface area contributed by atoms with Crippen LogP contribution in [-0.2, 0) is 16.1 Å². The molecule has 152 valence electrons. The summed E-state index contributed by atoms with van der Waals surface area (Å²) in [5.41, 5.74) is 1.91. The van der Waals surface area contributed by atoms with Crippen molar-refractivity contribution in [3.63, 3.8) is 0 Å². The van der Waals surface area contributed by atoms with Gasteiger partial charge < -0.3 is 19.3 Å². The van der Waals surface area contributed by atoms with E-state index in [4.69, 9.17) is 9.47 Å². The molecule has 2 aromatic carbocycles. The molecule has 2 amide bonds. The number of benzene rings is 2. The molecule has 2 aliphatic rings. The minimum Gasteiger partial charge on any atom is -0.454 e. The molecule has 0 aromatic heterocycles. The van der Waals surface area contributed by atoms with E-state index in [-0.39, 0.29) is 25.2 Å². The van der Waals surface area contributed by atoms with Crippen molar-refractivity contribution in [2.24, 2.45) is 0 Å². The normalized spacial score (nSPS) is 16.0. The molecule has 0 unspecified atom stereocenters. The number of carbonyl (C=O) groups excluding carboxylic acids is 2. The summed E-state index contributed by atoms with van der Waals surface area (Å²) < 4.78 is 10.7. The standard InChI is InChI=1S/C22H25N3O4/c1-17(26)25(19-7-8-20-21(13-19)29-16-28-20)15-22(27)24-11-9-23(10-12-24)14-18-5-3-2-4-6-18/h2-8,13H,9-12,14-16H2,1H3. The number of carbonyl (C=O) groups is 2. The topological polar surface area (TPSA) is 62.3 Å². The SMILES string of the molecule is CC(=O)N(CC(=O)N1CCN(Cc2ccccc2)CC1)c1ccc2c(c1)OCO2. The zero-order chi connectivity index (χ0) is 20.2. The van der Waals surface area contributed by atoms with Crippen molar-refractivity contribution in [2.45, 2.75) is 13.5 Å². The maximum absolute atomic E-state index is 12.8. The van der Waals surface area contributed by atoms with Crippen LogP contribution in [0.4, 0.5) is 5.69 Å². The molecule has 1 saturated heterocycles. The van der Waals surface area contributed by atoms with Crippen LogP contribution in [0.5, 0.6) is 11.5 Å². The van der Waals surface area contributed by atoms with E-state index in [2.05, 4.69) is 17.0 Å². The minimum absolute atomic E-state index is 0.0215. The first kappa shape index (κ1) is 19.3. The Bertz CT molecular complexity index is 879. The number of rotatable bonds is 5. The first-order chi connectivity index (χ1) is 14.1. The van der Waals surface area contributed by atoms with Crippen molar-refractivity contribution in [1.29, 1.82) is 0 Å². The van der Waals surface area contributed by atoms with Crippen molar-refractivity contribution >= 4 is 17.5 Å². The fourth-order valence-electron chi connectivity index (χ4n) is 3.67. The molecule has 0 N–H and O–H groups in total. The van der Waals surface area contributed by atoms with E-state index in [1.54, 1.807) is 18.2 Å². The number of hydrogen-bond donors (Lipinski definition) is 0. The van der Waals surface area contributed by atoms with Crippen molar-refractivity contribution < 1.29 is 19.1 Å². The third-order valence-corrected chi connectivity index (χ3v) is 5.32. The van der Waals surface area contributed by atoms with Gasteiger partial charge in [-0.2, -0.15) is 0 Å². The molecule has 0 saturated carbocycles. The van der Waals surface area contributed by atoms with Gasteiger partial charge in [0.2, 0.25) is 18.6 Å². The van der Waals surface area contributed by atoms with Crippen LogP contribution in [-0.4, -0.2) is 61.1 Å². The van der Waals surface area contributed by atoms with E-state index < -0.39 is 0 Å². The van der Waals surface area contributed by atoms with Crippen LogP contribution in [0, 0.1) is 0 Å². The van der Waals surface area contributed by atoms with Gasteiger partial charge in [0.25, 0.3) is 0 Å². The quantitative estimate of drug-likeness (QED) is 0.776. The van der Waals surface area contributed by atoms with Crippen LogP contribution < -0.4 is 14.4 Å². The first-order valence-electron chi connectivity index (χ1n) is 9.82. The Morgan fingerprint density at radius 3 is 2.41 bits per heavy atom. The number of hydrogen-bond acceptors (Lipinski definition) is 5. The van der Waals surface area contributed by atoms with Gasteiger partial charge in [-0.25, -0.2) is 0 Å². The summed E-state index contributed by atoms with van der Waals surface area (Å²) in [6.45, 7) is 5.53. The molecule has 7 heteroatoms. The third-order valence-electron chi connectivity index (χ3n) is 5.32. The predicted octanol–water partition coefficient (Wildman–Crippen LogP) is 2.11. The van der Waals surface area contributed by atoms with Gasteiger partial charge in [0, 0.05) is 51.4 Å². The summed E-state index contributed by atoms with van der Waals surface area (Å²) >= 11 is 0. The molecule has 0 bridgehead atoms. The van der Waals surface area contributed by atoms with Crippen molar-refractivity contribution in [2.75, 3.05) is 44.4 Å². The predicted molar refractivity (Wildman–Crippen MR) is 109 cm³/mol. The third kappa shape index (κ3) is 4.51. The molecule has 1 fully saturated rings. The summed E-state index contributed by atoms with van der Waals surface area (Å²) in [6.07, 6.45) is 0. The largest absolute Gasteiger partial charge is 0.454 e. The lowest BCUT2D eigenvalue weighted by Gasteiger charge is -2.35. The molecule has 4 rings (SSSR count). The van der Waals surface area contributed by atoms with E-state index >= 15 is 0 Å². The number of ether oxygens (including phenoxy) is 2. The number of nitrogens with zero attached hydrogens (tertiary/aromatic N) is 3. The number of anilines is 1. The zero-order valence-electron chi connectivity index (χ0n) is 16.5. The summed E-state index contributed by atoms with van der Waals surface area (Å²) in [6, 6.07) is 15.6. The van der Waals surface area contributed by atoms with E-state index in [0.717, 1.165) is 19.6 Å². The highest BCUT2D eigenvalue weighted by Crippen LogP contribution is 2.35.